The van der Waals surface area contributed by atoms with Gasteiger partial charge < -0.3 is 15.6 Å². The molecular weight excluding hydrogens is 373 g/mol. The number of carbonyl (C=O) groups is 1. The summed E-state index contributed by atoms with van der Waals surface area (Å²) in [6.07, 6.45) is 1.85. The number of nitrogens with zero attached hydrogens (tertiary/aromatic N) is 2. The van der Waals surface area contributed by atoms with E-state index in [1.165, 1.54) is 0 Å². The zero-order valence-electron chi connectivity index (χ0n) is 15.7. The Bertz CT molecular complexity index is 852. The van der Waals surface area contributed by atoms with Crippen molar-refractivity contribution in [2.24, 2.45) is 11.7 Å². The molecule has 1 heterocycles. The summed E-state index contributed by atoms with van der Waals surface area (Å²) in [5.41, 5.74) is 5.83. The maximum atomic E-state index is 13.7. The van der Waals surface area contributed by atoms with E-state index in [0.717, 1.165) is 18.9 Å². The van der Waals surface area contributed by atoms with E-state index in [9.17, 15) is 18.0 Å². The molecular formula is C19H23F3N4O2. The first-order valence-electron chi connectivity index (χ1n) is 9.26. The number of carbonyl (C=O) groups excluding carboxylic acids is 1. The first-order valence-corrected chi connectivity index (χ1v) is 9.26. The van der Waals surface area contributed by atoms with Gasteiger partial charge in [-0.15, -0.1) is 0 Å². The number of halogens is 3. The lowest BCUT2D eigenvalue weighted by Crippen LogP contribution is -2.37. The molecule has 0 bridgehead atoms. The molecule has 152 valence electrons. The van der Waals surface area contributed by atoms with Crippen molar-refractivity contribution in [1.82, 2.24) is 15.5 Å². The highest BCUT2D eigenvalue weighted by atomic mass is 19.2. The van der Waals surface area contributed by atoms with Crippen molar-refractivity contribution in [3.63, 3.8) is 0 Å². The second kappa shape index (κ2) is 8.30. The van der Waals surface area contributed by atoms with Gasteiger partial charge in [0.2, 0.25) is 11.8 Å². The number of rotatable bonds is 8. The van der Waals surface area contributed by atoms with E-state index in [-0.39, 0.29) is 30.2 Å². The lowest BCUT2D eigenvalue weighted by atomic mass is 10.0. The van der Waals surface area contributed by atoms with E-state index >= 15 is 0 Å². The quantitative estimate of drug-likeness (QED) is 0.669. The van der Waals surface area contributed by atoms with Crippen LogP contribution in [0.25, 0.3) is 0 Å². The van der Waals surface area contributed by atoms with Crippen LogP contribution in [0.4, 0.5) is 13.2 Å². The Labute approximate surface area is 160 Å². The smallest absolute Gasteiger partial charge is 0.249 e. The van der Waals surface area contributed by atoms with Crippen LogP contribution in [-0.4, -0.2) is 22.1 Å². The molecule has 6 nitrogen and oxygen atoms in total. The SMILES string of the molecule is CC(C)C(NC(=O)C[C@H](N)Cc1cc(F)c(F)cc1F)c1nc(C2CC2)no1. The summed E-state index contributed by atoms with van der Waals surface area (Å²) in [6, 6.07) is -0.00665. The molecule has 2 aromatic rings. The maximum Gasteiger partial charge on any atom is 0.249 e. The summed E-state index contributed by atoms with van der Waals surface area (Å²) in [5, 5.41) is 6.77. The Kier molecular flexibility index (Phi) is 6.02. The first kappa shape index (κ1) is 20.3. The second-order valence-electron chi connectivity index (χ2n) is 7.58. The van der Waals surface area contributed by atoms with E-state index in [2.05, 4.69) is 15.5 Å². The monoisotopic (exact) mass is 396 g/mol. The van der Waals surface area contributed by atoms with Gasteiger partial charge in [0, 0.05) is 24.4 Å². The van der Waals surface area contributed by atoms with Gasteiger partial charge in [-0.25, -0.2) is 13.2 Å². The molecule has 1 unspecified atom stereocenters. The third-order valence-corrected chi connectivity index (χ3v) is 4.67. The van der Waals surface area contributed by atoms with Crippen LogP contribution in [0.2, 0.25) is 0 Å². The Balaban J connectivity index is 1.60. The van der Waals surface area contributed by atoms with Crippen molar-refractivity contribution in [1.29, 1.82) is 0 Å². The number of amides is 1. The number of aromatic nitrogens is 2. The molecule has 1 amide bonds. The van der Waals surface area contributed by atoms with Crippen LogP contribution < -0.4 is 11.1 Å². The molecule has 1 saturated carbocycles. The highest BCUT2D eigenvalue weighted by Crippen LogP contribution is 2.38. The molecule has 0 radical (unpaired) electrons. The summed E-state index contributed by atoms with van der Waals surface area (Å²) in [5.74, 6) is -2.37. The molecule has 1 aromatic heterocycles. The molecule has 9 heteroatoms. The van der Waals surface area contributed by atoms with Crippen molar-refractivity contribution in [3.05, 3.63) is 46.9 Å². The van der Waals surface area contributed by atoms with Crippen LogP contribution in [-0.2, 0) is 11.2 Å². The third kappa shape index (κ3) is 4.89. The van der Waals surface area contributed by atoms with Gasteiger partial charge in [-0.3, -0.25) is 4.79 Å². The number of nitrogens with two attached hydrogens (primary N) is 1. The molecule has 1 aromatic carbocycles. The molecule has 28 heavy (non-hydrogen) atoms. The fraction of sp³-hybridized carbons (Fsp3) is 0.526. The van der Waals surface area contributed by atoms with Gasteiger partial charge in [-0.2, -0.15) is 4.98 Å². The van der Waals surface area contributed by atoms with E-state index in [1.54, 1.807) is 0 Å². The van der Waals surface area contributed by atoms with Gasteiger partial charge in [0.1, 0.15) is 11.9 Å². The van der Waals surface area contributed by atoms with Crippen LogP contribution in [0.1, 0.15) is 62.3 Å². The molecule has 0 spiro atoms. The maximum absolute atomic E-state index is 13.7. The number of benzene rings is 1. The highest BCUT2D eigenvalue weighted by Gasteiger charge is 2.31. The predicted octanol–water partition coefficient (Wildman–Crippen LogP) is 3.14. The van der Waals surface area contributed by atoms with E-state index in [0.29, 0.717) is 23.7 Å². The van der Waals surface area contributed by atoms with Gasteiger partial charge in [0.05, 0.1) is 0 Å². The summed E-state index contributed by atoms with van der Waals surface area (Å²) < 4.78 is 45.4. The zero-order valence-corrected chi connectivity index (χ0v) is 15.7. The summed E-state index contributed by atoms with van der Waals surface area (Å²) in [6.45, 7) is 3.81. The minimum absolute atomic E-state index is 0.00341. The fourth-order valence-electron chi connectivity index (χ4n) is 2.94. The van der Waals surface area contributed by atoms with Crippen LogP contribution >= 0.6 is 0 Å². The largest absolute Gasteiger partial charge is 0.344 e. The third-order valence-electron chi connectivity index (χ3n) is 4.67. The topological polar surface area (TPSA) is 94.0 Å². The Morgan fingerprint density at radius 1 is 1.25 bits per heavy atom. The Morgan fingerprint density at radius 3 is 2.57 bits per heavy atom. The summed E-state index contributed by atoms with van der Waals surface area (Å²) in [7, 11) is 0. The normalized spacial score (nSPS) is 16.2. The molecule has 1 fully saturated rings. The van der Waals surface area contributed by atoms with Gasteiger partial charge in [-0.05, 0) is 36.8 Å². The van der Waals surface area contributed by atoms with Crippen molar-refractivity contribution in [3.8, 4) is 0 Å². The van der Waals surface area contributed by atoms with Crippen LogP contribution in [0.3, 0.4) is 0 Å². The Hall–Kier alpha value is -2.42. The lowest BCUT2D eigenvalue weighted by Gasteiger charge is -2.20. The average Bonchev–Trinajstić information content (AvgIpc) is 3.35. The minimum atomic E-state index is -1.27. The van der Waals surface area contributed by atoms with Gasteiger partial charge in [0.25, 0.3) is 0 Å². The van der Waals surface area contributed by atoms with Gasteiger partial charge in [0.15, 0.2) is 17.5 Å². The second-order valence-corrected chi connectivity index (χ2v) is 7.58. The summed E-state index contributed by atoms with van der Waals surface area (Å²) >= 11 is 0. The zero-order chi connectivity index (χ0) is 20.4. The van der Waals surface area contributed by atoms with Crippen molar-refractivity contribution in [2.75, 3.05) is 0 Å². The fourth-order valence-corrected chi connectivity index (χ4v) is 2.94. The van der Waals surface area contributed by atoms with E-state index in [4.69, 9.17) is 10.3 Å². The minimum Gasteiger partial charge on any atom is -0.344 e. The van der Waals surface area contributed by atoms with E-state index < -0.39 is 29.5 Å². The average molecular weight is 396 g/mol. The molecule has 2 atom stereocenters. The number of hydrogen-bond acceptors (Lipinski definition) is 5. The molecule has 3 rings (SSSR count). The highest BCUT2D eigenvalue weighted by molar-refractivity contribution is 5.77. The van der Waals surface area contributed by atoms with Gasteiger partial charge >= 0.3 is 0 Å². The van der Waals surface area contributed by atoms with Crippen LogP contribution in [0, 0.1) is 23.4 Å². The molecule has 3 N–H and O–H groups in total. The standard InChI is InChI=1S/C19H23F3N4O2/c1-9(2)17(19-25-18(26-28-19)10-3-4-10)24-16(27)7-12(23)5-11-6-14(21)15(22)8-13(11)20/h6,8-10,12,17H,3-5,7,23H2,1-2H3,(H,24,27)/t12-,17?/m1/s1. The van der Waals surface area contributed by atoms with Crippen molar-refractivity contribution < 1.29 is 22.5 Å². The lowest BCUT2D eigenvalue weighted by molar-refractivity contribution is -0.122. The number of hydrogen-bond donors (Lipinski definition) is 2. The molecule has 0 saturated heterocycles. The van der Waals surface area contributed by atoms with Crippen LogP contribution in [0.15, 0.2) is 16.7 Å². The van der Waals surface area contributed by atoms with E-state index in [1.807, 2.05) is 13.8 Å². The first-order chi connectivity index (χ1) is 13.2. The van der Waals surface area contributed by atoms with Crippen molar-refractivity contribution >= 4 is 5.91 Å². The molecule has 1 aliphatic carbocycles. The molecule has 0 aliphatic heterocycles. The van der Waals surface area contributed by atoms with Crippen molar-refractivity contribution in [2.45, 2.75) is 57.5 Å². The van der Waals surface area contributed by atoms with Crippen LogP contribution in [0.5, 0.6) is 0 Å². The predicted molar refractivity (Wildman–Crippen MR) is 94.6 cm³/mol. The Morgan fingerprint density at radius 2 is 1.93 bits per heavy atom. The van der Waals surface area contributed by atoms with Gasteiger partial charge in [-0.1, -0.05) is 19.0 Å². The number of nitrogens with one attached hydrogen (secondary N) is 1. The summed E-state index contributed by atoms with van der Waals surface area (Å²) in [4.78, 5) is 16.8. The molecule has 1 aliphatic rings.